The second-order valence-corrected chi connectivity index (χ2v) is 10.4. The normalized spacial score (nSPS) is 11.7. The minimum atomic E-state index is -1.42. The molecule has 1 aromatic heterocycles. The van der Waals surface area contributed by atoms with E-state index in [1.807, 2.05) is 11.3 Å². The van der Waals surface area contributed by atoms with Crippen molar-refractivity contribution in [3.8, 4) is 0 Å². The molecule has 0 aliphatic rings. The van der Waals surface area contributed by atoms with Gasteiger partial charge >= 0.3 is 0 Å². The van der Waals surface area contributed by atoms with Crippen LogP contribution in [-0.4, -0.2) is 8.07 Å². The molecule has 0 N–H and O–H groups in total. The van der Waals surface area contributed by atoms with Crippen molar-refractivity contribution in [1.82, 2.24) is 0 Å². The maximum absolute atomic E-state index is 2.42. The molecular formula is C13H16SSi. The summed E-state index contributed by atoms with van der Waals surface area (Å²) in [7, 11) is -1.42. The first-order valence-corrected chi connectivity index (χ1v) is 9.05. The lowest BCUT2D eigenvalue weighted by atomic mass is 10.4. The highest BCUT2D eigenvalue weighted by Gasteiger charge is 2.26. The highest BCUT2D eigenvalue weighted by atomic mass is 32.1. The molecule has 0 unspecified atom stereocenters. The molecule has 0 fully saturated rings. The van der Waals surface area contributed by atoms with Crippen LogP contribution in [0.25, 0.3) is 0 Å². The van der Waals surface area contributed by atoms with Crippen molar-refractivity contribution in [2.45, 2.75) is 20.0 Å². The van der Waals surface area contributed by atoms with E-state index in [0.717, 1.165) is 0 Å². The Bertz CT molecular complexity index is 443. The number of rotatable bonds is 2. The summed E-state index contributed by atoms with van der Waals surface area (Å²) < 4.78 is 1.58. The van der Waals surface area contributed by atoms with E-state index in [4.69, 9.17) is 0 Å². The van der Waals surface area contributed by atoms with Crippen molar-refractivity contribution in [3.05, 3.63) is 47.3 Å². The van der Waals surface area contributed by atoms with Crippen molar-refractivity contribution < 1.29 is 0 Å². The zero-order valence-corrected chi connectivity index (χ0v) is 11.3. The number of benzene rings is 1. The molecule has 0 atom stereocenters. The van der Waals surface area contributed by atoms with Crippen molar-refractivity contribution in [2.24, 2.45) is 0 Å². The fourth-order valence-corrected chi connectivity index (χ4v) is 6.05. The van der Waals surface area contributed by atoms with Gasteiger partial charge in [0.1, 0.15) is 8.07 Å². The predicted molar refractivity (Wildman–Crippen MR) is 72.2 cm³/mol. The molecule has 0 spiro atoms. The molecule has 2 heteroatoms. The summed E-state index contributed by atoms with van der Waals surface area (Å²) in [6.07, 6.45) is 0. The van der Waals surface area contributed by atoms with Gasteiger partial charge in [-0.2, -0.15) is 0 Å². The summed E-state index contributed by atoms with van der Waals surface area (Å²) >= 11 is 1.95. The van der Waals surface area contributed by atoms with Crippen LogP contribution in [0.3, 0.4) is 0 Å². The largest absolute Gasteiger partial charge is 0.150 e. The third-order valence-electron chi connectivity index (χ3n) is 2.85. The van der Waals surface area contributed by atoms with Crippen molar-refractivity contribution in [2.75, 3.05) is 0 Å². The van der Waals surface area contributed by atoms with Crippen LogP contribution in [0.5, 0.6) is 0 Å². The van der Waals surface area contributed by atoms with E-state index < -0.39 is 8.07 Å². The standard InChI is InChI=1S/C13H16SSi/c1-11-9-10-13(14-11)15(2,3)12-7-5-4-6-8-12/h4-10H,1-3H3. The van der Waals surface area contributed by atoms with Crippen LogP contribution in [0.4, 0.5) is 0 Å². The fourth-order valence-electron chi connectivity index (χ4n) is 1.77. The highest BCUT2D eigenvalue weighted by Crippen LogP contribution is 2.12. The fraction of sp³-hybridized carbons (Fsp3) is 0.231. The Morgan fingerprint density at radius 2 is 1.60 bits per heavy atom. The number of hydrogen-bond donors (Lipinski definition) is 0. The average molecular weight is 232 g/mol. The van der Waals surface area contributed by atoms with Gasteiger partial charge in [0.2, 0.25) is 0 Å². The Labute approximate surface area is 96.6 Å². The molecule has 0 saturated heterocycles. The van der Waals surface area contributed by atoms with Gasteiger partial charge in [-0.05, 0) is 17.5 Å². The molecule has 0 radical (unpaired) electrons. The zero-order chi connectivity index (χ0) is 10.9. The van der Waals surface area contributed by atoms with Gasteiger partial charge < -0.3 is 0 Å². The molecule has 2 rings (SSSR count). The first kappa shape index (κ1) is 10.6. The zero-order valence-electron chi connectivity index (χ0n) is 9.45. The monoisotopic (exact) mass is 232 g/mol. The van der Waals surface area contributed by atoms with Gasteiger partial charge in [0, 0.05) is 4.88 Å². The lowest BCUT2D eigenvalue weighted by molar-refractivity contribution is 1.64. The van der Waals surface area contributed by atoms with Gasteiger partial charge in [-0.1, -0.05) is 54.7 Å². The van der Waals surface area contributed by atoms with E-state index in [1.165, 1.54) is 10.1 Å². The van der Waals surface area contributed by atoms with Crippen LogP contribution in [0.15, 0.2) is 42.5 Å². The Balaban J connectivity index is 2.43. The summed E-state index contributed by atoms with van der Waals surface area (Å²) in [6, 6.07) is 15.4. The smallest absolute Gasteiger partial charge is 0.124 e. The molecule has 0 bridgehead atoms. The SMILES string of the molecule is Cc1ccc([Si](C)(C)c2ccccc2)s1. The van der Waals surface area contributed by atoms with E-state index >= 15 is 0 Å². The second kappa shape index (κ2) is 3.95. The maximum atomic E-state index is 2.42. The molecule has 0 aliphatic heterocycles. The highest BCUT2D eigenvalue weighted by molar-refractivity contribution is 7.29. The van der Waals surface area contributed by atoms with E-state index in [0.29, 0.717) is 0 Å². The van der Waals surface area contributed by atoms with E-state index in [9.17, 15) is 0 Å². The number of aryl methyl sites for hydroxylation is 1. The minimum Gasteiger partial charge on any atom is -0.150 e. The molecular weight excluding hydrogens is 216 g/mol. The quantitative estimate of drug-likeness (QED) is 0.699. The molecule has 15 heavy (non-hydrogen) atoms. The Hall–Kier alpha value is -0.863. The van der Waals surface area contributed by atoms with Gasteiger partial charge in [-0.15, -0.1) is 11.3 Å². The summed E-state index contributed by atoms with van der Waals surface area (Å²) in [4.78, 5) is 1.42. The van der Waals surface area contributed by atoms with Crippen molar-refractivity contribution in [3.63, 3.8) is 0 Å². The first-order chi connectivity index (χ1) is 7.10. The van der Waals surface area contributed by atoms with Gasteiger partial charge in [0.05, 0.1) is 0 Å². The van der Waals surface area contributed by atoms with E-state index in [1.54, 1.807) is 4.50 Å². The predicted octanol–water partition coefficient (Wildman–Crippen LogP) is 2.88. The molecule has 0 aliphatic carbocycles. The molecule has 2 aromatic rings. The van der Waals surface area contributed by atoms with E-state index in [-0.39, 0.29) is 0 Å². The van der Waals surface area contributed by atoms with E-state index in [2.05, 4.69) is 62.5 Å². The minimum absolute atomic E-state index is 1.42. The third kappa shape index (κ3) is 2.06. The molecule has 0 amide bonds. The summed E-state index contributed by atoms with van der Waals surface area (Å²) in [6.45, 7) is 7.03. The van der Waals surface area contributed by atoms with Crippen LogP contribution in [0.1, 0.15) is 4.88 Å². The van der Waals surface area contributed by atoms with Crippen molar-refractivity contribution >= 4 is 29.1 Å². The first-order valence-electron chi connectivity index (χ1n) is 5.23. The van der Waals surface area contributed by atoms with Gasteiger partial charge in [-0.25, -0.2) is 0 Å². The third-order valence-corrected chi connectivity index (χ3v) is 8.68. The summed E-state index contributed by atoms with van der Waals surface area (Å²) in [5.41, 5.74) is 0. The molecule has 0 nitrogen and oxygen atoms in total. The van der Waals surface area contributed by atoms with Crippen LogP contribution in [0.2, 0.25) is 13.1 Å². The lowest BCUT2D eigenvalue weighted by Gasteiger charge is -2.21. The molecule has 1 aromatic carbocycles. The second-order valence-electron chi connectivity index (χ2n) is 4.40. The summed E-state index contributed by atoms with van der Waals surface area (Å²) in [5.74, 6) is 0. The Morgan fingerprint density at radius 1 is 0.933 bits per heavy atom. The molecule has 78 valence electrons. The topological polar surface area (TPSA) is 0 Å². The Morgan fingerprint density at radius 3 is 2.13 bits per heavy atom. The number of thiophene rings is 1. The van der Waals surface area contributed by atoms with Crippen LogP contribution < -0.4 is 9.69 Å². The molecule has 1 heterocycles. The average Bonchev–Trinajstić information content (AvgIpc) is 2.67. The maximum Gasteiger partial charge on any atom is 0.124 e. The van der Waals surface area contributed by atoms with Crippen LogP contribution in [0, 0.1) is 6.92 Å². The van der Waals surface area contributed by atoms with Gasteiger partial charge in [0.15, 0.2) is 0 Å². The summed E-state index contributed by atoms with van der Waals surface area (Å²) in [5, 5.41) is 1.52. The number of hydrogen-bond acceptors (Lipinski definition) is 1. The van der Waals surface area contributed by atoms with Crippen LogP contribution in [-0.2, 0) is 0 Å². The Kier molecular flexibility index (Phi) is 2.80. The van der Waals surface area contributed by atoms with Crippen LogP contribution >= 0.6 is 11.3 Å². The van der Waals surface area contributed by atoms with Gasteiger partial charge in [0.25, 0.3) is 0 Å². The van der Waals surface area contributed by atoms with Crippen molar-refractivity contribution in [1.29, 1.82) is 0 Å². The molecule has 0 saturated carbocycles. The lowest BCUT2D eigenvalue weighted by Crippen LogP contribution is -2.51. The van der Waals surface area contributed by atoms with Gasteiger partial charge in [-0.3, -0.25) is 0 Å².